The molecule has 4 heterocycles. The lowest BCUT2D eigenvalue weighted by atomic mass is 9.84. The van der Waals surface area contributed by atoms with Gasteiger partial charge in [0.25, 0.3) is 0 Å². The van der Waals surface area contributed by atoms with E-state index in [1.807, 2.05) is 62.4 Å². The molecular formula is C52H69NO12P2. The quantitative estimate of drug-likeness (QED) is 0.147. The molecule has 2 aliphatic rings. The summed E-state index contributed by atoms with van der Waals surface area (Å²) in [6.45, 7) is 29.8. The van der Waals surface area contributed by atoms with Gasteiger partial charge in [-0.3, -0.25) is 4.52 Å². The lowest BCUT2D eigenvalue weighted by molar-refractivity contribution is -0.210. The van der Waals surface area contributed by atoms with Crippen LogP contribution in [0.25, 0.3) is 43.9 Å². The smallest absolute Gasteiger partial charge is 0.387 e. The first-order chi connectivity index (χ1) is 31.2. The fraction of sp³-hybridized carbons (Fsp3) is 0.538. The van der Waals surface area contributed by atoms with Crippen molar-refractivity contribution in [3.05, 3.63) is 70.8 Å². The molecule has 4 atom stereocenters. The molecule has 0 radical (unpaired) electrons. The van der Waals surface area contributed by atoms with Gasteiger partial charge in [0, 0.05) is 50.3 Å². The van der Waals surface area contributed by atoms with Crippen LogP contribution in [-0.2, 0) is 35.9 Å². The monoisotopic (exact) mass is 961 g/mol. The van der Waals surface area contributed by atoms with Gasteiger partial charge < -0.3 is 49.9 Å². The summed E-state index contributed by atoms with van der Waals surface area (Å²) >= 11 is 0. The Morgan fingerprint density at radius 1 is 0.507 bits per heavy atom. The van der Waals surface area contributed by atoms with Gasteiger partial charge in [0.1, 0.15) is 63.6 Å². The fourth-order valence-corrected chi connectivity index (χ4v) is 11.4. The van der Waals surface area contributed by atoms with Gasteiger partial charge in [0.15, 0.2) is 12.1 Å². The molecule has 8 rings (SSSR count). The van der Waals surface area contributed by atoms with Crippen LogP contribution < -0.4 is 28.6 Å². The summed E-state index contributed by atoms with van der Waals surface area (Å²) in [4.78, 5) is 0. The average Bonchev–Trinajstić information content (AvgIpc) is 3.56. The molecule has 2 aromatic heterocycles. The number of rotatable bonds is 9. The van der Waals surface area contributed by atoms with Crippen LogP contribution in [0.15, 0.2) is 65.3 Å². The van der Waals surface area contributed by atoms with Crippen LogP contribution in [0.4, 0.5) is 0 Å². The molecule has 2 aliphatic heterocycles. The molecule has 0 amide bonds. The Morgan fingerprint density at radius 2 is 0.851 bits per heavy atom. The van der Waals surface area contributed by atoms with Crippen LogP contribution in [0.1, 0.15) is 119 Å². The van der Waals surface area contributed by atoms with Crippen LogP contribution in [0, 0.1) is 0 Å². The van der Waals surface area contributed by atoms with Crippen LogP contribution in [-0.4, -0.2) is 65.4 Å². The second-order valence-electron chi connectivity index (χ2n) is 22.1. The number of fused-ring (bicyclic) bond motifs is 7. The zero-order chi connectivity index (χ0) is 48.8. The number of ether oxygens (including phenoxy) is 7. The van der Waals surface area contributed by atoms with E-state index >= 15 is 0 Å². The van der Waals surface area contributed by atoms with Gasteiger partial charge in [-0.25, -0.2) is 5.09 Å². The molecule has 1 N–H and O–H groups in total. The molecule has 13 nitrogen and oxygen atoms in total. The maximum absolute atomic E-state index is 7.16. The standard InChI is InChI=1S/C52H69NO12P2/c1-48(2,3)36-23-28(54-15)19-32-33-20-29(55-16)24-37(49(4,5)6)42(33)62-66(61-41(32)36)53-27-40-45(46-47(58-40)60-52(13,14)59-46)65-67-63-43-34(21-30(56-17)25-38(43)50(7,8)9)35-22-31(57-18)26-39(44(35)64-67)51(10,11)12/h19-26,40,45-47,53H,27H2,1-18H3/t40-,45-,46-,47-/m1/s1. The molecule has 6 aromatic rings. The minimum Gasteiger partial charge on any atom is -0.497 e. The van der Waals surface area contributed by atoms with E-state index in [0.29, 0.717) is 45.3 Å². The second-order valence-corrected chi connectivity index (χ2v) is 24.3. The van der Waals surface area contributed by atoms with E-state index in [9.17, 15) is 0 Å². The lowest BCUT2D eigenvalue weighted by Crippen LogP contribution is -2.41. The summed E-state index contributed by atoms with van der Waals surface area (Å²) in [7, 11) is 2.68. The Bertz CT molecular complexity index is 2760. The van der Waals surface area contributed by atoms with E-state index in [4.69, 9.17) is 54.5 Å². The van der Waals surface area contributed by atoms with E-state index in [-0.39, 0.29) is 28.2 Å². The van der Waals surface area contributed by atoms with Crippen molar-refractivity contribution in [2.75, 3.05) is 40.1 Å². The highest BCUT2D eigenvalue weighted by Gasteiger charge is 2.56. The Kier molecular flexibility index (Phi) is 12.9. The molecule has 0 spiro atoms. The molecule has 15 heteroatoms. The van der Waals surface area contributed by atoms with E-state index in [2.05, 4.69) is 88.2 Å². The summed E-state index contributed by atoms with van der Waals surface area (Å²) in [6, 6.07) is 16.1. The van der Waals surface area contributed by atoms with Crippen molar-refractivity contribution in [3.8, 4) is 23.0 Å². The van der Waals surface area contributed by atoms with Gasteiger partial charge in [0.2, 0.25) is 0 Å². The minimum atomic E-state index is -2.17. The third-order valence-electron chi connectivity index (χ3n) is 12.4. The first-order valence-electron chi connectivity index (χ1n) is 22.9. The Morgan fingerprint density at radius 3 is 1.18 bits per heavy atom. The number of methoxy groups -OCH3 is 4. The second kappa shape index (κ2) is 17.6. The van der Waals surface area contributed by atoms with E-state index < -0.39 is 46.8 Å². The molecule has 0 unspecified atom stereocenters. The van der Waals surface area contributed by atoms with Crippen molar-refractivity contribution in [2.45, 2.75) is 149 Å². The largest absolute Gasteiger partial charge is 0.497 e. The van der Waals surface area contributed by atoms with Crippen LogP contribution >= 0.6 is 16.4 Å². The maximum Gasteiger partial charge on any atom is 0.387 e. The summed E-state index contributed by atoms with van der Waals surface area (Å²) in [5, 5.41) is 6.95. The zero-order valence-electron chi connectivity index (χ0n) is 42.4. The molecule has 2 fully saturated rings. The summed E-state index contributed by atoms with van der Waals surface area (Å²) < 4.78 is 78.6. The van der Waals surface area contributed by atoms with E-state index in [1.165, 1.54) is 0 Å². The Balaban J connectivity index is 1.32. The molecule has 0 aliphatic carbocycles. The SMILES string of the molecule is COc1cc(C(C)(C)C)c2op(NC[C@H]3O[C@@H]4OC(C)(C)O[C@@H]4[C@@H]3Op3oc4c(C(C)(C)C)cc(OC)cc4c4cc(OC)cc(C(C)(C)C)c4o3)oc3c(C(C)(C)C)cc(OC)cc3c2c1. The van der Waals surface area contributed by atoms with Crippen molar-refractivity contribution in [1.82, 2.24) is 0 Å². The van der Waals surface area contributed by atoms with Crippen molar-refractivity contribution in [2.24, 2.45) is 0 Å². The average molecular weight is 962 g/mol. The Hall–Kier alpha value is -4.32. The lowest BCUT2D eigenvalue weighted by Gasteiger charge is -2.25. The summed E-state index contributed by atoms with van der Waals surface area (Å²) in [5.74, 6) is 1.88. The minimum absolute atomic E-state index is 0.231. The van der Waals surface area contributed by atoms with Crippen molar-refractivity contribution >= 4 is 60.3 Å². The summed E-state index contributed by atoms with van der Waals surface area (Å²) in [6.07, 6.45) is -2.72. The third-order valence-corrected chi connectivity index (χ3v) is 14.6. The molecule has 4 aromatic carbocycles. The van der Waals surface area contributed by atoms with Gasteiger partial charge in [-0.1, -0.05) is 83.1 Å². The first kappa shape index (κ1) is 49.1. The topological polar surface area (TPSA) is 138 Å². The van der Waals surface area contributed by atoms with Gasteiger partial charge in [-0.05, 0) is 84.0 Å². The molecule has 67 heavy (non-hydrogen) atoms. The van der Waals surface area contributed by atoms with Gasteiger partial charge in [-0.15, -0.1) is 0 Å². The number of benzene rings is 4. The van der Waals surface area contributed by atoms with Gasteiger partial charge in [0.05, 0.1) is 28.4 Å². The number of nitrogens with one attached hydrogen (secondary N) is 1. The molecule has 364 valence electrons. The fourth-order valence-electron chi connectivity index (χ4n) is 8.86. The number of hydrogen-bond acceptors (Lipinski definition) is 13. The Labute approximate surface area is 396 Å². The predicted octanol–water partition coefficient (Wildman–Crippen LogP) is 14.0. The highest BCUT2D eigenvalue weighted by Crippen LogP contribution is 2.49. The van der Waals surface area contributed by atoms with Crippen molar-refractivity contribution in [1.29, 1.82) is 0 Å². The highest BCUT2D eigenvalue weighted by molar-refractivity contribution is 7.38. The van der Waals surface area contributed by atoms with Gasteiger partial charge in [-0.2, -0.15) is 0 Å². The maximum atomic E-state index is 7.16. The van der Waals surface area contributed by atoms with Crippen molar-refractivity contribution < 1.29 is 54.5 Å². The molecule has 0 bridgehead atoms. The summed E-state index contributed by atoms with van der Waals surface area (Å²) in [5.41, 5.74) is 5.11. The number of hydrogen-bond donors (Lipinski definition) is 1. The van der Waals surface area contributed by atoms with Crippen LogP contribution in [0.2, 0.25) is 0 Å². The molecule has 2 saturated heterocycles. The van der Waals surface area contributed by atoms with Crippen molar-refractivity contribution in [3.63, 3.8) is 0 Å². The van der Waals surface area contributed by atoms with E-state index in [0.717, 1.165) is 43.8 Å². The normalized spacial score (nSPS) is 19.9. The molecular weight excluding hydrogens is 893 g/mol. The zero-order valence-corrected chi connectivity index (χ0v) is 44.2. The molecule has 0 saturated carbocycles. The van der Waals surface area contributed by atoms with E-state index in [1.54, 1.807) is 28.4 Å². The predicted molar refractivity (Wildman–Crippen MR) is 267 cm³/mol. The van der Waals surface area contributed by atoms with Gasteiger partial charge >= 0.3 is 16.4 Å². The van der Waals surface area contributed by atoms with Crippen LogP contribution in [0.5, 0.6) is 23.0 Å². The third kappa shape index (κ3) is 9.68. The first-order valence-corrected chi connectivity index (χ1v) is 25.1. The van der Waals surface area contributed by atoms with Crippen LogP contribution in [0.3, 0.4) is 0 Å². The highest BCUT2D eigenvalue weighted by atomic mass is 31.1.